The standard InChI is InChI=1S/C19H20N2O/c1-19(2,3)16-12-15(14-9-10-20-17(22)11-14)18(21-16)13-7-5-4-6-8-13/h4-10,12,21H,11H2,1-3H3. The number of hydrogen-bond acceptors (Lipinski definition) is 1. The molecule has 1 aliphatic heterocycles. The first-order chi connectivity index (χ1) is 10.4. The minimum atomic E-state index is -0.0879. The number of dihydropyridines is 1. The van der Waals surface area contributed by atoms with Gasteiger partial charge in [0.25, 0.3) is 0 Å². The van der Waals surface area contributed by atoms with E-state index in [0.29, 0.717) is 6.42 Å². The number of allylic oxidation sites excluding steroid dienone is 1. The molecule has 1 aliphatic rings. The van der Waals surface area contributed by atoms with Gasteiger partial charge in [0, 0.05) is 22.9 Å². The van der Waals surface area contributed by atoms with Crippen molar-refractivity contribution < 1.29 is 4.79 Å². The van der Waals surface area contributed by atoms with Gasteiger partial charge in [-0.1, -0.05) is 51.1 Å². The topological polar surface area (TPSA) is 45.2 Å². The summed E-state index contributed by atoms with van der Waals surface area (Å²) < 4.78 is 0. The molecule has 3 rings (SSSR count). The van der Waals surface area contributed by atoms with Crippen LogP contribution in [-0.2, 0) is 10.2 Å². The van der Waals surface area contributed by atoms with Crippen LogP contribution in [0.5, 0.6) is 0 Å². The first-order valence-corrected chi connectivity index (χ1v) is 7.50. The van der Waals surface area contributed by atoms with Gasteiger partial charge in [-0.2, -0.15) is 0 Å². The van der Waals surface area contributed by atoms with Gasteiger partial charge < -0.3 is 4.98 Å². The van der Waals surface area contributed by atoms with Crippen LogP contribution in [0.2, 0.25) is 0 Å². The van der Waals surface area contributed by atoms with E-state index in [0.717, 1.165) is 28.1 Å². The second kappa shape index (κ2) is 5.41. The van der Waals surface area contributed by atoms with Crippen molar-refractivity contribution in [2.75, 3.05) is 0 Å². The summed E-state index contributed by atoms with van der Waals surface area (Å²) in [6.07, 6.45) is 3.89. The molecule has 1 aromatic heterocycles. The number of nitrogens with one attached hydrogen (secondary N) is 1. The predicted molar refractivity (Wildman–Crippen MR) is 91.0 cm³/mol. The first kappa shape index (κ1) is 14.5. The summed E-state index contributed by atoms with van der Waals surface area (Å²) in [4.78, 5) is 19.0. The lowest BCUT2D eigenvalue weighted by Gasteiger charge is -2.16. The third-order valence-corrected chi connectivity index (χ3v) is 3.87. The van der Waals surface area contributed by atoms with Crippen LogP contribution in [0.1, 0.15) is 38.4 Å². The number of aromatic nitrogens is 1. The summed E-state index contributed by atoms with van der Waals surface area (Å²) in [7, 11) is 0. The number of amides is 1. The fourth-order valence-electron chi connectivity index (χ4n) is 2.61. The van der Waals surface area contributed by atoms with Crippen LogP contribution in [0.15, 0.2) is 47.5 Å². The van der Waals surface area contributed by atoms with Gasteiger partial charge in [-0.3, -0.25) is 4.79 Å². The van der Waals surface area contributed by atoms with Gasteiger partial charge in [0.2, 0.25) is 5.91 Å². The van der Waals surface area contributed by atoms with E-state index in [2.05, 4.69) is 48.9 Å². The molecule has 1 amide bonds. The molecule has 0 unspecified atom stereocenters. The maximum Gasteiger partial charge on any atom is 0.250 e. The smallest absolute Gasteiger partial charge is 0.250 e. The number of benzene rings is 1. The Labute approximate surface area is 130 Å². The van der Waals surface area contributed by atoms with Crippen molar-refractivity contribution in [3.8, 4) is 11.3 Å². The molecular formula is C19H20N2O. The van der Waals surface area contributed by atoms with Crippen molar-refractivity contribution in [2.24, 2.45) is 4.99 Å². The highest BCUT2D eigenvalue weighted by Gasteiger charge is 2.22. The molecule has 2 heterocycles. The molecule has 0 spiro atoms. The number of nitrogens with zero attached hydrogens (tertiary/aromatic N) is 1. The summed E-state index contributed by atoms with van der Waals surface area (Å²) >= 11 is 0. The number of aromatic amines is 1. The average molecular weight is 292 g/mol. The molecule has 1 aromatic carbocycles. The Balaban J connectivity index is 2.16. The quantitative estimate of drug-likeness (QED) is 0.878. The molecule has 3 heteroatoms. The minimum Gasteiger partial charge on any atom is -0.357 e. The Morgan fingerprint density at radius 3 is 2.50 bits per heavy atom. The molecule has 0 radical (unpaired) electrons. The van der Waals surface area contributed by atoms with Crippen LogP contribution in [0, 0.1) is 0 Å². The molecule has 0 saturated carbocycles. The van der Waals surface area contributed by atoms with Crippen LogP contribution < -0.4 is 0 Å². The van der Waals surface area contributed by atoms with Gasteiger partial charge in [-0.15, -0.1) is 0 Å². The van der Waals surface area contributed by atoms with Gasteiger partial charge >= 0.3 is 0 Å². The zero-order valence-corrected chi connectivity index (χ0v) is 13.2. The monoisotopic (exact) mass is 292 g/mol. The highest BCUT2D eigenvalue weighted by molar-refractivity contribution is 6.04. The van der Waals surface area contributed by atoms with E-state index in [1.54, 1.807) is 6.21 Å². The summed E-state index contributed by atoms with van der Waals surface area (Å²) in [6.45, 7) is 6.54. The Morgan fingerprint density at radius 1 is 1.14 bits per heavy atom. The second-order valence-corrected chi connectivity index (χ2v) is 6.63. The normalized spacial score (nSPS) is 15.0. The Hall–Kier alpha value is -2.42. The molecule has 0 fully saturated rings. The maximum absolute atomic E-state index is 11.6. The van der Waals surface area contributed by atoms with E-state index < -0.39 is 0 Å². The third kappa shape index (κ3) is 2.80. The van der Waals surface area contributed by atoms with Gasteiger partial charge in [0.15, 0.2) is 0 Å². The van der Waals surface area contributed by atoms with Crippen LogP contribution in [-0.4, -0.2) is 17.1 Å². The number of aliphatic imine (C=N–C) groups is 1. The number of rotatable bonds is 2. The Kier molecular flexibility index (Phi) is 3.57. The van der Waals surface area contributed by atoms with Crippen LogP contribution in [0.3, 0.4) is 0 Å². The van der Waals surface area contributed by atoms with Crippen LogP contribution in [0.25, 0.3) is 16.8 Å². The van der Waals surface area contributed by atoms with E-state index in [1.165, 1.54) is 0 Å². The van der Waals surface area contributed by atoms with Gasteiger partial charge in [-0.25, -0.2) is 4.99 Å². The Bertz CT molecular complexity index is 758. The van der Waals surface area contributed by atoms with E-state index in [4.69, 9.17) is 0 Å². The number of carbonyl (C=O) groups is 1. The largest absolute Gasteiger partial charge is 0.357 e. The van der Waals surface area contributed by atoms with Crippen LogP contribution >= 0.6 is 0 Å². The van der Waals surface area contributed by atoms with Crippen molar-refractivity contribution in [1.82, 2.24) is 4.98 Å². The van der Waals surface area contributed by atoms with Crippen molar-refractivity contribution >= 4 is 17.7 Å². The Morgan fingerprint density at radius 2 is 1.86 bits per heavy atom. The molecule has 3 nitrogen and oxygen atoms in total. The van der Waals surface area contributed by atoms with Gasteiger partial charge in [-0.05, 0) is 23.3 Å². The highest BCUT2D eigenvalue weighted by atomic mass is 16.1. The lowest BCUT2D eigenvalue weighted by molar-refractivity contribution is -0.116. The minimum absolute atomic E-state index is 0.0229. The lowest BCUT2D eigenvalue weighted by Crippen LogP contribution is -2.11. The predicted octanol–water partition coefficient (Wildman–Crippen LogP) is 4.36. The van der Waals surface area contributed by atoms with E-state index in [1.807, 2.05) is 24.3 Å². The molecule has 112 valence electrons. The van der Waals surface area contributed by atoms with Crippen molar-refractivity contribution in [3.63, 3.8) is 0 Å². The van der Waals surface area contributed by atoms with Crippen molar-refractivity contribution in [2.45, 2.75) is 32.6 Å². The molecule has 0 aliphatic carbocycles. The second-order valence-electron chi connectivity index (χ2n) is 6.63. The summed E-state index contributed by atoms with van der Waals surface area (Å²) in [6, 6.07) is 12.4. The fraction of sp³-hybridized carbons (Fsp3) is 0.263. The molecule has 0 bridgehead atoms. The van der Waals surface area contributed by atoms with E-state index in [9.17, 15) is 4.79 Å². The number of carbonyl (C=O) groups excluding carboxylic acids is 1. The third-order valence-electron chi connectivity index (χ3n) is 3.87. The van der Waals surface area contributed by atoms with Gasteiger partial charge in [0.05, 0.1) is 12.1 Å². The molecular weight excluding hydrogens is 272 g/mol. The summed E-state index contributed by atoms with van der Waals surface area (Å²) in [5.74, 6) is -0.0879. The van der Waals surface area contributed by atoms with E-state index in [-0.39, 0.29) is 11.3 Å². The summed E-state index contributed by atoms with van der Waals surface area (Å²) in [5.41, 5.74) is 5.50. The SMILES string of the molecule is CC(C)(C)c1cc(C2=CC=NC(=O)C2)c(-c2ccccc2)[nH]1. The zero-order chi connectivity index (χ0) is 15.7. The summed E-state index contributed by atoms with van der Waals surface area (Å²) in [5, 5.41) is 0. The number of hydrogen-bond donors (Lipinski definition) is 1. The van der Waals surface area contributed by atoms with Crippen molar-refractivity contribution in [3.05, 3.63) is 53.7 Å². The molecule has 0 saturated heterocycles. The molecule has 1 N–H and O–H groups in total. The molecule has 22 heavy (non-hydrogen) atoms. The maximum atomic E-state index is 11.6. The number of H-pyrrole nitrogens is 1. The highest BCUT2D eigenvalue weighted by Crippen LogP contribution is 2.35. The van der Waals surface area contributed by atoms with E-state index >= 15 is 0 Å². The fourth-order valence-corrected chi connectivity index (χ4v) is 2.61. The van der Waals surface area contributed by atoms with Gasteiger partial charge in [0.1, 0.15) is 0 Å². The molecule has 0 atom stereocenters. The lowest BCUT2D eigenvalue weighted by atomic mass is 9.91. The molecule has 2 aromatic rings. The average Bonchev–Trinajstić information content (AvgIpc) is 2.93. The van der Waals surface area contributed by atoms with Crippen LogP contribution in [0.4, 0.5) is 0 Å². The zero-order valence-electron chi connectivity index (χ0n) is 13.2. The van der Waals surface area contributed by atoms with Crippen molar-refractivity contribution in [1.29, 1.82) is 0 Å². The first-order valence-electron chi connectivity index (χ1n) is 7.50.